The molecule has 146 valence electrons. The SMILES string of the molecule is CC(C)CCCC(C)CCCC(C)CCC(P(=O)([O-])[O-])P(=O)(O)O.[Na+].[Na+]. The van der Waals surface area contributed by atoms with Crippen molar-refractivity contribution in [1.29, 1.82) is 0 Å². The first kappa shape index (κ1) is 33.0. The van der Waals surface area contributed by atoms with Crippen LogP contribution in [-0.2, 0) is 9.13 Å². The molecule has 0 aliphatic heterocycles. The molecule has 0 aliphatic carbocycles. The van der Waals surface area contributed by atoms with Crippen LogP contribution in [0.2, 0.25) is 0 Å². The Kier molecular flexibility index (Phi) is 20.3. The summed E-state index contributed by atoms with van der Waals surface area (Å²) in [7, 11) is -10.2. The van der Waals surface area contributed by atoms with Crippen LogP contribution in [-0.4, -0.2) is 15.2 Å². The minimum Gasteiger partial charge on any atom is -0.810 e. The van der Waals surface area contributed by atoms with Gasteiger partial charge >= 0.3 is 66.7 Å². The first-order valence-corrected chi connectivity index (χ1v) is 12.2. The van der Waals surface area contributed by atoms with Crippen molar-refractivity contribution in [3.63, 3.8) is 0 Å². The summed E-state index contributed by atoms with van der Waals surface area (Å²) in [6.07, 6.45) is 6.76. The van der Waals surface area contributed by atoms with Crippen molar-refractivity contribution in [2.24, 2.45) is 17.8 Å². The van der Waals surface area contributed by atoms with E-state index in [1.54, 1.807) is 0 Å². The number of hydrogen-bond acceptors (Lipinski definition) is 4. The molecule has 0 saturated heterocycles. The third-order valence-electron chi connectivity index (χ3n) is 4.54. The van der Waals surface area contributed by atoms with Crippen LogP contribution in [0.25, 0.3) is 0 Å². The third-order valence-corrected chi connectivity index (χ3v) is 8.32. The van der Waals surface area contributed by atoms with E-state index in [9.17, 15) is 18.9 Å². The second-order valence-corrected chi connectivity index (χ2v) is 11.6. The topological polar surface area (TPSA) is 121 Å². The van der Waals surface area contributed by atoms with Gasteiger partial charge in [0.25, 0.3) is 0 Å². The summed E-state index contributed by atoms with van der Waals surface area (Å²) >= 11 is 0. The van der Waals surface area contributed by atoms with E-state index in [0.717, 1.165) is 25.2 Å². The van der Waals surface area contributed by atoms with Gasteiger partial charge in [0, 0.05) is 0 Å². The van der Waals surface area contributed by atoms with Crippen LogP contribution in [0.15, 0.2) is 0 Å². The predicted molar refractivity (Wildman–Crippen MR) is 93.5 cm³/mol. The molecule has 0 aromatic rings. The normalized spacial score (nSPS) is 15.7. The van der Waals surface area contributed by atoms with Gasteiger partial charge in [-0.05, 0) is 30.6 Å². The fraction of sp³-hybridized carbons (Fsp3) is 1.00. The quantitative estimate of drug-likeness (QED) is 0.245. The molecule has 0 aliphatic rings. The Morgan fingerprint density at radius 2 is 1.12 bits per heavy atom. The Hall–Kier alpha value is 2.30. The van der Waals surface area contributed by atoms with E-state index in [1.165, 1.54) is 19.3 Å². The summed E-state index contributed by atoms with van der Waals surface area (Å²) in [5, 5.41) is -2.08. The minimum atomic E-state index is -5.28. The van der Waals surface area contributed by atoms with E-state index in [-0.39, 0.29) is 71.5 Å². The van der Waals surface area contributed by atoms with Crippen LogP contribution >= 0.6 is 15.2 Å². The smallest absolute Gasteiger partial charge is 0.810 e. The molecule has 0 fully saturated rings. The zero-order valence-corrected chi connectivity index (χ0v) is 23.2. The summed E-state index contributed by atoms with van der Waals surface area (Å²) in [6.45, 7) is 8.61. The molecular formula is C16H34Na2O6P2. The fourth-order valence-electron chi connectivity index (χ4n) is 2.92. The van der Waals surface area contributed by atoms with Gasteiger partial charge in [-0.3, -0.25) is 4.57 Å². The maximum absolute atomic E-state index is 11.2. The van der Waals surface area contributed by atoms with Crippen molar-refractivity contribution in [2.75, 3.05) is 0 Å². The Balaban J connectivity index is -0.00000264. The third kappa shape index (κ3) is 17.2. The van der Waals surface area contributed by atoms with Gasteiger partial charge in [0.1, 0.15) is 0 Å². The average Bonchev–Trinajstić information content (AvgIpc) is 2.34. The first-order valence-electron chi connectivity index (χ1n) is 8.91. The zero-order chi connectivity index (χ0) is 19.0. The van der Waals surface area contributed by atoms with E-state index >= 15 is 0 Å². The molecule has 0 amide bonds. The van der Waals surface area contributed by atoms with E-state index in [4.69, 9.17) is 9.79 Å². The maximum atomic E-state index is 11.2. The summed E-state index contributed by atoms with van der Waals surface area (Å²) < 4.78 is 22.2. The molecule has 2 N–H and O–H groups in total. The molecule has 0 saturated carbocycles. The molecule has 26 heavy (non-hydrogen) atoms. The maximum Gasteiger partial charge on any atom is 1.00 e. The second-order valence-electron chi connectivity index (χ2n) is 7.65. The van der Waals surface area contributed by atoms with Gasteiger partial charge in [-0.2, -0.15) is 0 Å². The van der Waals surface area contributed by atoms with Crippen molar-refractivity contribution in [3.8, 4) is 0 Å². The van der Waals surface area contributed by atoms with Crippen LogP contribution in [0.5, 0.6) is 0 Å². The molecule has 10 heteroatoms. The van der Waals surface area contributed by atoms with Gasteiger partial charge in [-0.15, -0.1) is 0 Å². The zero-order valence-electron chi connectivity index (χ0n) is 17.4. The van der Waals surface area contributed by atoms with Crippen molar-refractivity contribution in [1.82, 2.24) is 0 Å². The Morgan fingerprint density at radius 3 is 1.46 bits per heavy atom. The molecular weight excluding hydrogens is 396 g/mol. The molecule has 6 nitrogen and oxygen atoms in total. The molecule has 3 atom stereocenters. The summed E-state index contributed by atoms with van der Waals surface area (Å²) in [6, 6.07) is 0. The molecule has 0 spiro atoms. The van der Waals surface area contributed by atoms with Gasteiger partial charge in [0.05, 0.1) is 5.40 Å². The van der Waals surface area contributed by atoms with Crippen molar-refractivity contribution in [2.45, 2.75) is 84.5 Å². The number of hydrogen-bond donors (Lipinski definition) is 2. The van der Waals surface area contributed by atoms with Gasteiger partial charge in [-0.25, -0.2) is 0 Å². The van der Waals surface area contributed by atoms with E-state index in [2.05, 4.69) is 20.8 Å². The average molecular weight is 430 g/mol. The van der Waals surface area contributed by atoms with Crippen LogP contribution in [0, 0.1) is 17.8 Å². The first-order chi connectivity index (χ1) is 10.8. The van der Waals surface area contributed by atoms with Crippen LogP contribution in [0.1, 0.15) is 79.1 Å². The Morgan fingerprint density at radius 1 is 0.731 bits per heavy atom. The van der Waals surface area contributed by atoms with Crippen LogP contribution in [0.3, 0.4) is 0 Å². The summed E-state index contributed by atoms with van der Waals surface area (Å²) in [5.74, 6) is 1.54. The molecule has 0 heterocycles. The second kappa shape index (κ2) is 16.1. The van der Waals surface area contributed by atoms with Gasteiger partial charge in [-0.1, -0.05) is 73.8 Å². The molecule has 0 aromatic carbocycles. The van der Waals surface area contributed by atoms with E-state index in [0.29, 0.717) is 12.3 Å². The largest absolute Gasteiger partial charge is 1.00 e. The van der Waals surface area contributed by atoms with Gasteiger partial charge < -0.3 is 24.1 Å². The predicted octanol–water partition coefficient (Wildman–Crippen LogP) is -2.54. The van der Waals surface area contributed by atoms with Crippen molar-refractivity contribution in [3.05, 3.63) is 0 Å². The Bertz CT molecular complexity index is 416. The van der Waals surface area contributed by atoms with Gasteiger partial charge in [0.2, 0.25) is 0 Å². The molecule has 0 bridgehead atoms. The van der Waals surface area contributed by atoms with Gasteiger partial charge in [0.15, 0.2) is 0 Å². The van der Waals surface area contributed by atoms with E-state index in [1.807, 2.05) is 6.92 Å². The van der Waals surface area contributed by atoms with Crippen molar-refractivity contribution >= 4 is 15.2 Å². The molecule has 3 unspecified atom stereocenters. The molecule has 0 rings (SSSR count). The summed E-state index contributed by atoms with van der Waals surface area (Å²) in [5.41, 5.74) is 0. The van der Waals surface area contributed by atoms with E-state index < -0.39 is 20.6 Å². The van der Waals surface area contributed by atoms with Crippen LogP contribution in [0.4, 0.5) is 0 Å². The molecule has 0 radical (unpaired) electrons. The fourth-order valence-corrected chi connectivity index (χ4v) is 5.35. The number of rotatable bonds is 13. The molecule has 0 aromatic heterocycles. The standard InChI is InChI=1S/C16H36O6P2.2Na/c1-13(2)7-5-8-14(3)9-6-10-15(4)11-12-16(23(17,18)19)24(20,21)22;;/h13-16H,5-12H2,1-4H3,(H2,17,18,19)(H2,20,21,22);;/q;2*+1/p-2. The van der Waals surface area contributed by atoms with Crippen molar-refractivity contribution < 1.29 is 87.8 Å². The minimum absolute atomic E-state index is 0. The monoisotopic (exact) mass is 430 g/mol. The Labute approximate surface area is 203 Å². The van der Waals surface area contributed by atoms with Crippen LogP contribution < -0.4 is 68.9 Å². The summed E-state index contributed by atoms with van der Waals surface area (Å²) in [4.78, 5) is 40.1.